The minimum atomic E-state index is -3.51. The smallest absolute Gasteiger partial charge is 0.258 e. The van der Waals surface area contributed by atoms with Crippen molar-refractivity contribution in [3.63, 3.8) is 0 Å². The number of benzene rings is 2. The molecule has 2 aromatic rings. The van der Waals surface area contributed by atoms with Gasteiger partial charge in [-0.1, -0.05) is 12.1 Å². The predicted octanol–water partition coefficient (Wildman–Crippen LogP) is 3.43. The Hall–Kier alpha value is -2.38. The van der Waals surface area contributed by atoms with Crippen LogP contribution < -0.4 is 10.1 Å². The molecule has 0 bridgehead atoms. The van der Waals surface area contributed by atoms with E-state index in [1.54, 1.807) is 19.1 Å². The van der Waals surface area contributed by atoms with Crippen LogP contribution in [0.4, 0.5) is 0 Å². The van der Waals surface area contributed by atoms with Crippen LogP contribution >= 0.6 is 0 Å². The molecule has 1 amide bonds. The fourth-order valence-corrected chi connectivity index (χ4v) is 4.10. The van der Waals surface area contributed by atoms with Crippen LogP contribution in [0.15, 0.2) is 35.2 Å². The molecule has 6 nitrogen and oxygen atoms in total. The second-order valence-electron chi connectivity index (χ2n) is 7.59. The standard InChI is InChI=1S/C22H30N2O4S/c1-14-10-16(3)20(12-15(14)2)18(5)23-22(25)13-28-21-9-8-19(11-17(21)4)29(26,27)24(6)7/h8-12,18H,13H2,1-7H3,(H,23,25)/t18-/m1/s1. The average molecular weight is 419 g/mol. The van der Waals surface area contributed by atoms with Gasteiger partial charge < -0.3 is 10.1 Å². The Kier molecular flexibility index (Phi) is 7.08. The van der Waals surface area contributed by atoms with Crippen molar-refractivity contribution in [2.24, 2.45) is 0 Å². The summed E-state index contributed by atoms with van der Waals surface area (Å²) in [6, 6.07) is 8.69. The van der Waals surface area contributed by atoms with Crippen LogP contribution in [-0.4, -0.2) is 39.3 Å². The van der Waals surface area contributed by atoms with E-state index in [2.05, 4.69) is 31.3 Å². The highest BCUT2D eigenvalue weighted by molar-refractivity contribution is 7.89. The van der Waals surface area contributed by atoms with Crippen LogP contribution in [-0.2, 0) is 14.8 Å². The maximum Gasteiger partial charge on any atom is 0.258 e. The molecule has 0 aliphatic heterocycles. The average Bonchev–Trinajstić information content (AvgIpc) is 2.63. The van der Waals surface area contributed by atoms with Crippen LogP contribution in [0.25, 0.3) is 0 Å². The minimum absolute atomic E-state index is 0.140. The SMILES string of the molecule is Cc1cc(C)c([C@@H](C)NC(=O)COc2ccc(S(=O)(=O)N(C)C)cc2C)cc1C. The maximum atomic E-state index is 12.4. The van der Waals surface area contributed by atoms with Gasteiger partial charge in [-0.05, 0) is 80.6 Å². The molecule has 158 valence electrons. The summed E-state index contributed by atoms with van der Waals surface area (Å²) in [7, 11) is -0.538. The number of hydrogen-bond donors (Lipinski definition) is 1. The van der Waals surface area contributed by atoms with Gasteiger partial charge >= 0.3 is 0 Å². The molecule has 2 aromatic carbocycles. The summed E-state index contributed by atoms with van der Waals surface area (Å²) in [6.07, 6.45) is 0. The largest absolute Gasteiger partial charge is 0.484 e. The zero-order valence-electron chi connectivity index (χ0n) is 18.2. The summed E-state index contributed by atoms with van der Waals surface area (Å²) in [6.45, 7) is 9.71. The minimum Gasteiger partial charge on any atom is -0.484 e. The van der Waals surface area contributed by atoms with E-state index >= 15 is 0 Å². The van der Waals surface area contributed by atoms with E-state index in [1.807, 2.05) is 13.8 Å². The summed E-state index contributed by atoms with van der Waals surface area (Å²) in [5.74, 6) is 0.243. The Morgan fingerprint density at radius 1 is 1.00 bits per heavy atom. The molecule has 0 radical (unpaired) electrons. The highest BCUT2D eigenvalue weighted by Crippen LogP contribution is 2.24. The number of aryl methyl sites for hydroxylation is 4. The molecule has 29 heavy (non-hydrogen) atoms. The van der Waals surface area contributed by atoms with Crippen molar-refractivity contribution >= 4 is 15.9 Å². The van der Waals surface area contributed by atoms with E-state index in [1.165, 1.54) is 31.3 Å². The summed E-state index contributed by atoms with van der Waals surface area (Å²) in [5.41, 5.74) is 5.28. The molecule has 7 heteroatoms. The third-order valence-corrected chi connectivity index (χ3v) is 6.82. The monoisotopic (exact) mass is 418 g/mol. The van der Waals surface area contributed by atoms with Gasteiger partial charge in [-0.15, -0.1) is 0 Å². The fourth-order valence-electron chi connectivity index (χ4n) is 3.11. The number of carbonyl (C=O) groups excluding carboxylic acids is 1. The topological polar surface area (TPSA) is 75.7 Å². The van der Waals surface area contributed by atoms with E-state index in [9.17, 15) is 13.2 Å². The molecule has 0 saturated heterocycles. The highest BCUT2D eigenvalue weighted by Gasteiger charge is 2.19. The van der Waals surface area contributed by atoms with Crippen LogP contribution in [0.3, 0.4) is 0 Å². The molecule has 0 aliphatic carbocycles. The van der Waals surface area contributed by atoms with Crippen LogP contribution in [0.5, 0.6) is 5.75 Å². The van der Waals surface area contributed by atoms with E-state index in [0.717, 1.165) is 15.4 Å². The van der Waals surface area contributed by atoms with Crippen molar-refractivity contribution in [2.75, 3.05) is 20.7 Å². The lowest BCUT2D eigenvalue weighted by Crippen LogP contribution is -2.31. The van der Waals surface area contributed by atoms with Gasteiger partial charge in [0.25, 0.3) is 5.91 Å². The van der Waals surface area contributed by atoms with Gasteiger partial charge in [-0.3, -0.25) is 4.79 Å². The Morgan fingerprint density at radius 2 is 1.62 bits per heavy atom. The summed E-state index contributed by atoms with van der Waals surface area (Å²) < 4.78 is 31.2. The number of hydrogen-bond acceptors (Lipinski definition) is 4. The quantitative estimate of drug-likeness (QED) is 0.747. The first-order valence-corrected chi connectivity index (χ1v) is 10.9. The number of nitrogens with one attached hydrogen (secondary N) is 1. The number of carbonyl (C=O) groups is 1. The Morgan fingerprint density at radius 3 is 2.21 bits per heavy atom. The second-order valence-corrected chi connectivity index (χ2v) is 9.74. The van der Waals surface area contributed by atoms with Crippen molar-refractivity contribution in [1.29, 1.82) is 0 Å². The highest BCUT2D eigenvalue weighted by atomic mass is 32.2. The molecular weight excluding hydrogens is 388 g/mol. The van der Waals surface area contributed by atoms with Gasteiger partial charge in [-0.2, -0.15) is 0 Å². The van der Waals surface area contributed by atoms with Gasteiger partial charge in [0.1, 0.15) is 5.75 Å². The van der Waals surface area contributed by atoms with Crippen molar-refractivity contribution in [3.05, 3.63) is 58.1 Å². The number of rotatable bonds is 7. The first-order valence-electron chi connectivity index (χ1n) is 9.46. The lowest BCUT2D eigenvalue weighted by atomic mass is 9.96. The lowest BCUT2D eigenvalue weighted by molar-refractivity contribution is -0.123. The number of nitrogens with zero attached hydrogens (tertiary/aromatic N) is 1. The molecule has 0 aliphatic rings. The molecule has 0 saturated carbocycles. The van der Waals surface area contributed by atoms with Gasteiger partial charge in [0.15, 0.2) is 6.61 Å². The second kappa shape index (κ2) is 8.97. The number of ether oxygens (including phenoxy) is 1. The fraction of sp³-hybridized carbons (Fsp3) is 0.409. The van der Waals surface area contributed by atoms with Crippen LogP contribution in [0, 0.1) is 27.7 Å². The molecule has 2 rings (SSSR count). The molecular formula is C22H30N2O4S. The molecule has 1 N–H and O–H groups in total. The Labute approximate surface area is 173 Å². The van der Waals surface area contributed by atoms with E-state index in [-0.39, 0.29) is 23.5 Å². The molecule has 0 unspecified atom stereocenters. The molecule has 1 atom stereocenters. The van der Waals surface area contributed by atoms with Crippen molar-refractivity contribution in [1.82, 2.24) is 9.62 Å². The molecule has 0 spiro atoms. The normalized spacial score (nSPS) is 12.7. The first kappa shape index (κ1) is 22.9. The van der Waals surface area contributed by atoms with Crippen LogP contribution in [0.1, 0.15) is 40.8 Å². The summed E-state index contributed by atoms with van der Waals surface area (Å²) >= 11 is 0. The zero-order chi connectivity index (χ0) is 21.9. The van der Waals surface area contributed by atoms with E-state index in [4.69, 9.17) is 4.74 Å². The number of sulfonamides is 1. The van der Waals surface area contributed by atoms with Gasteiger partial charge in [0.2, 0.25) is 10.0 Å². The van der Waals surface area contributed by atoms with Crippen LogP contribution in [0.2, 0.25) is 0 Å². The van der Waals surface area contributed by atoms with E-state index < -0.39 is 10.0 Å². The zero-order valence-corrected chi connectivity index (χ0v) is 19.0. The van der Waals surface area contributed by atoms with Crippen molar-refractivity contribution < 1.29 is 17.9 Å². The Balaban J connectivity index is 2.03. The molecule has 0 heterocycles. The number of amides is 1. The lowest BCUT2D eigenvalue weighted by Gasteiger charge is -2.19. The molecule has 0 fully saturated rings. The van der Waals surface area contributed by atoms with Crippen molar-refractivity contribution in [2.45, 2.75) is 45.6 Å². The Bertz CT molecular complexity index is 1010. The van der Waals surface area contributed by atoms with Gasteiger partial charge in [0, 0.05) is 14.1 Å². The third-order valence-electron chi connectivity index (χ3n) is 5.01. The van der Waals surface area contributed by atoms with Crippen molar-refractivity contribution in [3.8, 4) is 5.75 Å². The summed E-state index contributed by atoms with van der Waals surface area (Å²) in [4.78, 5) is 12.5. The first-order chi connectivity index (χ1) is 13.4. The van der Waals surface area contributed by atoms with Gasteiger partial charge in [0.05, 0.1) is 10.9 Å². The molecule has 0 aromatic heterocycles. The van der Waals surface area contributed by atoms with Gasteiger partial charge in [-0.25, -0.2) is 12.7 Å². The van der Waals surface area contributed by atoms with E-state index in [0.29, 0.717) is 11.3 Å². The summed E-state index contributed by atoms with van der Waals surface area (Å²) in [5, 5.41) is 2.96. The maximum absolute atomic E-state index is 12.4. The third kappa shape index (κ3) is 5.36. The predicted molar refractivity (Wildman–Crippen MR) is 115 cm³/mol.